The van der Waals surface area contributed by atoms with E-state index in [4.69, 9.17) is 9.15 Å². The predicted octanol–water partition coefficient (Wildman–Crippen LogP) is 6.19. The molecular weight excluding hydrogens is 388 g/mol. The van der Waals surface area contributed by atoms with Crippen molar-refractivity contribution in [2.75, 3.05) is 0 Å². The van der Waals surface area contributed by atoms with Gasteiger partial charge in [0.15, 0.2) is 0 Å². The Morgan fingerprint density at radius 2 is 1.39 bits per heavy atom. The van der Waals surface area contributed by atoms with Gasteiger partial charge in [0.25, 0.3) is 0 Å². The lowest BCUT2D eigenvalue weighted by molar-refractivity contribution is -0.129. The van der Waals surface area contributed by atoms with Gasteiger partial charge in [0, 0.05) is 22.1 Å². The molecule has 1 aromatic heterocycles. The number of benzene rings is 4. The summed E-state index contributed by atoms with van der Waals surface area (Å²) in [5.74, 6) is 0.848. The van der Waals surface area contributed by atoms with Gasteiger partial charge in [0.2, 0.25) is 11.8 Å². The normalized spacial score (nSPS) is 11.0. The highest BCUT2D eigenvalue weighted by atomic mass is 16.5. The lowest BCUT2D eigenvalue weighted by Crippen LogP contribution is -2.08. The SMILES string of the molecule is C=C(C)C(=O)Oc1ccc(-c2nnc(-c3cccc4ccccc34)o2)c2ccccc12. The number of hydrogen-bond acceptors (Lipinski definition) is 5. The zero-order chi connectivity index (χ0) is 21.4. The summed E-state index contributed by atoms with van der Waals surface area (Å²) in [6.45, 7) is 5.26. The standard InChI is InChI=1S/C26H18N2O3/c1-16(2)26(29)30-23-15-14-22(19-11-5-6-12-20(19)23)25-28-27-24(31-25)21-13-7-9-17-8-3-4-10-18(17)21/h3-15H,1H2,2H3. The van der Waals surface area contributed by atoms with Crippen LogP contribution in [0.2, 0.25) is 0 Å². The molecule has 0 unspecified atom stereocenters. The summed E-state index contributed by atoms with van der Waals surface area (Å²) >= 11 is 0. The van der Waals surface area contributed by atoms with Crippen LogP contribution in [0, 0.1) is 0 Å². The van der Waals surface area contributed by atoms with Gasteiger partial charge < -0.3 is 9.15 Å². The minimum Gasteiger partial charge on any atom is -0.423 e. The van der Waals surface area contributed by atoms with E-state index >= 15 is 0 Å². The van der Waals surface area contributed by atoms with Crippen LogP contribution in [0.15, 0.2) is 95.4 Å². The van der Waals surface area contributed by atoms with E-state index in [9.17, 15) is 4.79 Å². The van der Waals surface area contributed by atoms with Crippen LogP contribution in [0.4, 0.5) is 0 Å². The zero-order valence-electron chi connectivity index (χ0n) is 16.8. The quantitative estimate of drug-likeness (QED) is 0.202. The Balaban J connectivity index is 1.61. The summed E-state index contributed by atoms with van der Waals surface area (Å²) in [6, 6.07) is 25.3. The second-order valence-electron chi connectivity index (χ2n) is 7.27. The fourth-order valence-corrected chi connectivity index (χ4v) is 3.59. The summed E-state index contributed by atoms with van der Waals surface area (Å²) in [7, 11) is 0. The van der Waals surface area contributed by atoms with Crippen LogP contribution in [-0.4, -0.2) is 16.2 Å². The Bertz CT molecular complexity index is 1460. The Morgan fingerprint density at radius 1 is 0.774 bits per heavy atom. The maximum atomic E-state index is 12.0. The van der Waals surface area contributed by atoms with Crippen LogP contribution in [0.1, 0.15) is 6.92 Å². The molecule has 0 atom stereocenters. The van der Waals surface area contributed by atoms with Crippen molar-refractivity contribution in [2.24, 2.45) is 0 Å². The predicted molar refractivity (Wildman–Crippen MR) is 121 cm³/mol. The Hall–Kier alpha value is -4.25. The number of carbonyl (C=O) groups excluding carboxylic acids is 1. The monoisotopic (exact) mass is 406 g/mol. The summed E-state index contributed by atoms with van der Waals surface area (Å²) in [5.41, 5.74) is 1.99. The number of nitrogens with zero attached hydrogens (tertiary/aromatic N) is 2. The van der Waals surface area contributed by atoms with E-state index < -0.39 is 5.97 Å². The van der Waals surface area contributed by atoms with Crippen molar-refractivity contribution >= 4 is 27.5 Å². The second kappa shape index (κ2) is 7.54. The molecule has 0 N–H and O–H groups in total. The lowest BCUT2D eigenvalue weighted by Gasteiger charge is -2.10. The number of carbonyl (C=O) groups is 1. The van der Waals surface area contributed by atoms with Crippen molar-refractivity contribution in [1.29, 1.82) is 0 Å². The highest BCUT2D eigenvalue weighted by Gasteiger charge is 2.17. The molecule has 0 amide bonds. The Morgan fingerprint density at radius 3 is 2.13 bits per heavy atom. The van der Waals surface area contributed by atoms with E-state index in [-0.39, 0.29) is 0 Å². The molecule has 0 aliphatic carbocycles. The van der Waals surface area contributed by atoms with Crippen LogP contribution >= 0.6 is 0 Å². The average Bonchev–Trinajstić information content (AvgIpc) is 3.28. The lowest BCUT2D eigenvalue weighted by atomic mass is 10.0. The number of esters is 1. The Kier molecular flexibility index (Phi) is 4.56. The third-order valence-electron chi connectivity index (χ3n) is 5.11. The first kappa shape index (κ1) is 18.8. The van der Waals surface area contributed by atoms with Crippen molar-refractivity contribution in [3.05, 3.63) is 91.0 Å². The van der Waals surface area contributed by atoms with Gasteiger partial charge >= 0.3 is 5.97 Å². The molecule has 4 aromatic carbocycles. The van der Waals surface area contributed by atoms with Gasteiger partial charge in [0.1, 0.15) is 5.75 Å². The van der Waals surface area contributed by atoms with Crippen LogP contribution in [-0.2, 0) is 4.79 Å². The third-order valence-corrected chi connectivity index (χ3v) is 5.11. The van der Waals surface area contributed by atoms with Crippen LogP contribution < -0.4 is 4.74 Å². The molecule has 0 spiro atoms. The van der Waals surface area contributed by atoms with E-state index in [0.717, 1.165) is 32.7 Å². The van der Waals surface area contributed by atoms with Crippen molar-refractivity contribution in [3.63, 3.8) is 0 Å². The Labute approximate surface area is 178 Å². The molecule has 5 aromatic rings. The minimum atomic E-state index is -0.464. The number of hydrogen-bond donors (Lipinski definition) is 0. The van der Waals surface area contributed by atoms with Crippen molar-refractivity contribution in [3.8, 4) is 28.7 Å². The van der Waals surface area contributed by atoms with Crippen molar-refractivity contribution in [2.45, 2.75) is 6.92 Å². The average molecular weight is 406 g/mol. The first-order chi connectivity index (χ1) is 15.1. The molecule has 0 aliphatic rings. The van der Waals surface area contributed by atoms with Gasteiger partial charge in [0.05, 0.1) is 0 Å². The number of rotatable bonds is 4. The molecule has 0 bridgehead atoms. The van der Waals surface area contributed by atoms with Gasteiger partial charge in [-0.25, -0.2) is 4.79 Å². The largest absolute Gasteiger partial charge is 0.423 e. The first-order valence-electron chi connectivity index (χ1n) is 9.83. The molecule has 150 valence electrons. The fraction of sp³-hybridized carbons (Fsp3) is 0.0385. The molecule has 5 nitrogen and oxygen atoms in total. The van der Waals surface area contributed by atoms with Crippen LogP contribution in [0.3, 0.4) is 0 Å². The molecule has 0 aliphatic heterocycles. The molecule has 0 saturated carbocycles. The third kappa shape index (κ3) is 3.36. The molecule has 0 radical (unpaired) electrons. The van der Waals surface area contributed by atoms with Gasteiger partial charge in [-0.2, -0.15) is 0 Å². The number of ether oxygens (including phenoxy) is 1. The fourth-order valence-electron chi connectivity index (χ4n) is 3.59. The summed E-state index contributed by atoms with van der Waals surface area (Å²) in [6.07, 6.45) is 0. The highest BCUT2D eigenvalue weighted by molar-refractivity contribution is 6.01. The highest BCUT2D eigenvalue weighted by Crippen LogP contribution is 2.36. The van der Waals surface area contributed by atoms with Gasteiger partial charge in [-0.1, -0.05) is 67.2 Å². The van der Waals surface area contributed by atoms with E-state index in [1.807, 2.05) is 60.7 Å². The molecule has 31 heavy (non-hydrogen) atoms. The van der Waals surface area contributed by atoms with E-state index in [2.05, 4.69) is 28.9 Å². The van der Waals surface area contributed by atoms with Gasteiger partial charge in [-0.3, -0.25) is 0 Å². The minimum absolute atomic E-state index is 0.338. The molecular formula is C26H18N2O3. The van der Waals surface area contributed by atoms with E-state index in [1.54, 1.807) is 13.0 Å². The number of aromatic nitrogens is 2. The van der Waals surface area contributed by atoms with Crippen molar-refractivity contribution in [1.82, 2.24) is 10.2 Å². The van der Waals surface area contributed by atoms with Gasteiger partial charge in [-0.05, 0) is 41.3 Å². The molecule has 0 saturated heterocycles. The molecule has 5 heteroatoms. The molecule has 1 heterocycles. The summed E-state index contributed by atoms with van der Waals surface area (Å²) in [5, 5.41) is 12.4. The van der Waals surface area contributed by atoms with Crippen LogP contribution in [0.5, 0.6) is 5.75 Å². The zero-order valence-corrected chi connectivity index (χ0v) is 16.8. The smallest absolute Gasteiger partial charge is 0.338 e. The maximum Gasteiger partial charge on any atom is 0.338 e. The molecule has 5 rings (SSSR count). The molecule has 0 fully saturated rings. The number of fused-ring (bicyclic) bond motifs is 2. The first-order valence-corrected chi connectivity index (χ1v) is 9.83. The van der Waals surface area contributed by atoms with Crippen molar-refractivity contribution < 1.29 is 13.9 Å². The van der Waals surface area contributed by atoms with E-state index in [0.29, 0.717) is 23.1 Å². The van der Waals surface area contributed by atoms with Crippen LogP contribution in [0.25, 0.3) is 44.5 Å². The maximum absolute atomic E-state index is 12.0. The van der Waals surface area contributed by atoms with Gasteiger partial charge in [-0.15, -0.1) is 10.2 Å². The summed E-state index contributed by atoms with van der Waals surface area (Å²) < 4.78 is 11.6. The van der Waals surface area contributed by atoms with E-state index in [1.165, 1.54) is 0 Å². The topological polar surface area (TPSA) is 65.2 Å². The summed E-state index contributed by atoms with van der Waals surface area (Å²) in [4.78, 5) is 12.0. The second-order valence-corrected chi connectivity index (χ2v) is 7.27.